The second kappa shape index (κ2) is 5.14. The van der Waals surface area contributed by atoms with Crippen LogP contribution in [0.1, 0.15) is 17.0 Å². The Kier molecular flexibility index (Phi) is 3.84. The first-order chi connectivity index (χ1) is 8.42. The van der Waals surface area contributed by atoms with Crippen molar-refractivity contribution in [2.24, 2.45) is 0 Å². The molecule has 0 atom stereocenters. The number of ether oxygens (including phenoxy) is 1. The Labute approximate surface area is 101 Å². The molecule has 0 spiro atoms. The van der Waals surface area contributed by atoms with E-state index in [1.165, 1.54) is 7.11 Å². The number of hydrogen-bond donors (Lipinski definition) is 2. The van der Waals surface area contributed by atoms with Gasteiger partial charge in [-0.15, -0.1) is 0 Å². The molecule has 0 fully saturated rings. The predicted octanol–water partition coefficient (Wildman–Crippen LogP) is 0.959. The average Bonchev–Trinajstić information content (AvgIpc) is 2.28. The second-order valence-electron chi connectivity index (χ2n) is 3.30. The summed E-state index contributed by atoms with van der Waals surface area (Å²) in [5, 5.41) is 26.2. The van der Waals surface area contributed by atoms with Gasteiger partial charge in [0.15, 0.2) is 5.92 Å². The van der Waals surface area contributed by atoms with E-state index in [1.807, 2.05) is 0 Å². The Morgan fingerprint density at radius 2 is 1.94 bits per heavy atom. The van der Waals surface area contributed by atoms with Crippen molar-refractivity contribution in [3.63, 3.8) is 0 Å². The minimum Gasteiger partial charge on any atom is -0.496 e. The van der Waals surface area contributed by atoms with Gasteiger partial charge in [-0.3, -0.25) is 9.59 Å². The van der Waals surface area contributed by atoms with Crippen molar-refractivity contribution in [3.8, 4) is 11.8 Å². The monoisotopic (exact) mass is 253 g/mol. The molecule has 1 aromatic rings. The fraction of sp³-hybridized carbons (Fsp3) is 0.182. The Hall–Kier alpha value is -2.62. The van der Waals surface area contributed by atoms with Gasteiger partial charge in [-0.05, 0) is 6.07 Å². The molecule has 1 aromatic carbocycles. The summed E-state index contributed by atoms with van der Waals surface area (Å²) >= 11 is 0. The van der Waals surface area contributed by atoms with E-state index in [0.29, 0.717) is 6.07 Å². The maximum atomic E-state index is 13.4. The van der Waals surface area contributed by atoms with Crippen LogP contribution in [0.15, 0.2) is 12.1 Å². The standard InChI is InChI=1S/C11H8FNO5/c1-18-8-2-5(4-13)7(12)3-6(8)9(10(14)15)11(16)17/h2-3,9H,1H3,(H,14,15)(H,16,17). The zero-order valence-corrected chi connectivity index (χ0v) is 9.18. The van der Waals surface area contributed by atoms with Crippen LogP contribution in [0.3, 0.4) is 0 Å². The van der Waals surface area contributed by atoms with E-state index < -0.39 is 23.7 Å². The third kappa shape index (κ3) is 2.38. The van der Waals surface area contributed by atoms with E-state index >= 15 is 0 Å². The van der Waals surface area contributed by atoms with E-state index in [1.54, 1.807) is 6.07 Å². The molecule has 0 amide bonds. The minimum absolute atomic E-state index is 0.164. The summed E-state index contributed by atoms with van der Waals surface area (Å²) in [6.45, 7) is 0. The van der Waals surface area contributed by atoms with Gasteiger partial charge in [0.1, 0.15) is 17.6 Å². The lowest BCUT2D eigenvalue weighted by molar-refractivity contribution is -0.150. The highest BCUT2D eigenvalue weighted by Crippen LogP contribution is 2.30. The molecule has 0 unspecified atom stereocenters. The molecule has 0 heterocycles. The van der Waals surface area contributed by atoms with Crippen molar-refractivity contribution >= 4 is 11.9 Å². The summed E-state index contributed by atoms with van der Waals surface area (Å²) < 4.78 is 18.2. The molecule has 0 bridgehead atoms. The van der Waals surface area contributed by atoms with Gasteiger partial charge in [0, 0.05) is 11.6 Å². The van der Waals surface area contributed by atoms with Gasteiger partial charge in [0.25, 0.3) is 0 Å². The smallest absolute Gasteiger partial charge is 0.322 e. The summed E-state index contributed by atoms with van der Waals surface area (Å²) in [4.78, 5) is 21.7. The van der Waals surface area contributed by atoms with Crippen LogP contribution in [0.5, 0.6) is 5.75 Å². The minimum atomic E-state index is -1.96. The molecule has 0 saturated carbocycles. The molecule has 94 valence electrons. The van der Waals surface area contributed by atoms with Crippen LogP contribution >= 0.6 is 0 Å². The number of carbonyl (C=O) groups is 2. The van der Waals surface area contributed by atoms with Crippen LogP contribution < -0.4 is 4.74 Å². The van der Waals surface area contributed by atoms with Gasteiger partial charge >= 0.3 is 11.9 Å². The van der Waals surface area contributed by atoms with Crippen molar-refractivity contribution in [1.82, 2.24) is 0 Å². The van der Waals surface area contributed by atoms with Crippen LogP contribution in [-0.4, -0.2) is 29.3 Å². The van der Waals surface area contributed by atoms with Crippen molar-refractivity contribution < 1.29 is 28.9 Å². The Bertz CT molecular complexity index is 535. The first-order valence-corrected chi connectivity index (χ1v) is 4.65. The van der Waals surface area contributed by atoms with E-state index in [2.05, 4.69) is 0 Å². The molecule has 7 heteroatoms. The highest BCUT2D eigenvalue weighted by molar-refractivity contribution is 5.99. The average molecular weight is 253 g/mol. The molecule has 0 aromatic heterocycles. The topological polar surface area (TPSA) is 108 Å². The lowest BCUT2D eigenvalue weighted by Gasteiger charge is -2.13. The van der Waals surface area contributed by atoms with E-state index in [4.69, 9.17) is 20.2 Å². The Morgan fingerprint density at radius 3 is 2.33 bits per heavy atom. The van der Waals surface area contributed by atoms with Crippen LogP contribution in [0.4, 0.5) is 4.39 Å². The number of benzene rings is 1. The third-order valence-electron chi connectivity index (χ3n) is 2.24. The molecule has 0 aliphatic heterocycles. The predicted molar refractivity (Wildman–Crippen MR) is 55.7 cm³/mol. The number of halogens is 1. The van der Waals surface area contributed by atoms with Crippen LogP contribution in [0.2, 0.25) is 0 Å². The summed E-state index contributed by atoms with van der Waals surface area (Å²) in [5.74, 6) is -6.42. The fourth-order valence-electron chi connectivity index (χ4n) is 1.43. The molecule has 0 aliphatic rings. The maximum Gasteiger partial charge on any atom is 0.322 e. The summed E-state index contributed by atoms with van der Waals surface area (Å²) in [6, 6.07) is 3.19. The molecule has 2 N–H and O–H groups in total. The van der Waals surface area contributed by atoms with Gasteiger partial charge in [-0.25, -0.2) is 4.39 Å². The SMILES string of the molecule is COc1cc(C#N)c(F)cc1C(C(=O)O)C(=O)O. The van der Waals surface area contributed by atoms with E-state index in [0.717, 1.165) is 6.07 Å². The first kappa shape index (κ1) is 13.4. The molecule has 6 nitrogen and oxygen atoms in total. The number of rotatable bonds is 4. The number of methoxy groups -OCH3 is 1. The third-order valence-corrected chi connectivity index (χ3v) is 2.24. The van der Waals surface area contributed by atoms with Crippen molar-refractivity contribution in [3.05, 3.63) is 29.1 Å². The summed E-state index contributed by atoms with van der Waals surface area (Å²) in [5.41, 5.74) is -0.709. The van der Waals surface area contributed by atoms with Gasteiger partial charge in [0.05, 0.1) is 12.7 Å². The maximum absolute atomic E-state index is 13.4. The lowest BCUT2D eigenvalue weighted by Crippen LogP contribution is -2.22. The van der Waals surface area contributed by atoms with Crippen LogP contribution in [-0.2, 0) is 9.59 Å². The molecule has 0 aliphatic carbocycles. The highest BCUT2D eigenvalue weighted by Gasteiger charge is 2.31. The largest absolute Gasteiger partial charge is 0.496 e. The molecule has 1 rings (SSSR count). The van der Waals surface area contributed by atoms with E-state index in [-0.39, 0.29) is 16.9 Å². The highest BCUT2D eigenvalue weighted by atomic mass is 19.1. The Balaban J connectivity index is 3.48. The van der Waals surface area contributed by atoms with Gasteiger partial charge in [-0.1, -0.05) is 0 Å². The number of carboxylic acid groups (broad SMARTS) is 2. The number of nitrogens with zero attached hydrogens (tertiary/aromatic N) is 1. The van der Waals surface area contributed by atoms with Crippen LogP contribution in [0.25, 0.3) is 0 Å². The van der Waals surface area contributed by atoms with Crippen LogP contribution in [0, 0.1) is 17.1 Å². The fourth-order valence-corrected chi connectivity index (χ4v) is 1.43. The molecular weight excluding hydrogens is 245 g/mol. The van der Waals surface area contributed by atoms with Crippen molar-refractivity contribution in [1.29, 1.82) is 5.26 Å². The number of nitriles is 1. The summed E-state index contributed by atoms with van der Waals surface area (Å²) in [6.07, 6.45) is 0. The molecule has 0 radical (unpaired) electrons. The Morgan fingerprint density at radius 1 is 1.39 bits per heavy atom. The number of hydrogen-bond acceptors (Lipinski definition) is 4. The van der Waals surface area contributed by atoms with Crippen molar-refractivity contribution in [2.45, 2.75) is 5.92 Å². The summed E-state index contributed by atoms with van der Waals surface area (Å²) in [7, 11) is 1.17. The van der Waals surface area contributed by atoms with Gasteiger partial charge in [-0.2, -0.15) is 5.26 Å². The van der Waals surface area contributed by atoms with E-state index in [9.17, 15) is 14.0 Å². The molecule has 0 saturated heterocycles. The van der Waals surface area contributed by atoms with Gasteiger partial charge < -0.3 is 14.9 Å². The lowest BCUT2D eigenvalue weighted by atomic mass is 9.96. The molecular formula is C11H8FNO5. The first-order valence-electron chi connectivity index (χ1n) is 4.65. The normalized spacial score (nSPS) is 9.89. The number of aliphatic carboxylic acids is 2. The zero-order valence-electron chi connectivity index (χ0n) is 9.18. The second-order valence-corrected chi connectivity index (χ2v) is 3.30. The molecule has 18 heavy (non-hydrogen) atoms. The van der Waals surface area contributed by atoms with Crippen molar-refractivity contribution in [2.75, 3.05) is 7.11 Å². The quantitative estimate of drug-likeness (QED) is 0.773. The van der Waals surface area contributed by atoms with Gasteiger partial charge in [0.2, 0.25) is 0 Å². The zero-order chi connectivity index (χ0) is 13.9. The number of carboxylic acids is 2.